The number of rotatable bonds is 2. The Labute approximate surface area is 120 Å². The first-order valence-electron chi connectivity index (χ1n) is 7.88. The fourth-order valence-electron chi connectivity index (χ4n) is 3.27. The molecule has 0 radical (unpaired) electrons. The summed E-state index contributed by atoms with van der Waals surface area (Å²) in [6.07, 6.45) is 7.69. The summed E-state index contributed by atoms with van der Waals surface area (Å²) in [7, 11) is 0. The lowest BCUT2D eigenvalue weighted by molar-refractivity contribution is -0.142. The van der Waals surface area contributed by atoms with Gasteiger partial charge in [-0.3, -0.25) is 0 Å². The number of amides is 2. The van der Waals surface area contributed by atoms with Crippen LogP contribution < -0.4 is 5.32 Å². The number of hydrogen-bond acceptors (Lipinski definition) is 2. The molecule has 2 amide bonds. The number of carboxylic acids is 1. The topological polar surface area (TPSA) is 69.6 Å². The first kappa shape index (κ1) is 15.1. The van der Waals surface area contributed by atoms with E-state index in [1.165, 1.54) is 4.90 Å². The van der Waals surface area contributed by atoms with Gasteiger partial charge in [-0.2, -0.15) is 0 Å². The van der Waals surface area contributed by atoms with E-state index in [9.17, 15) is 14.7 Å². The van der Waals surface area contributed by atoms with Crippen LogP contribution in [0.4, 0.5) is 4.79 Å². The molecule has 1 aliphatic carbocycles. The van der Waals surface area contributed by atoms with Crippen molar-refractivity contribution in [3.05, 3.63) is 0 Å². The maximum Gasteiger partial charge on any atom is 0.326 e. The molecule has 1 atom stereocenters. The molecular weight excluding hydrogens is 256 g/mol. The summed E-state index contributed by atoms with van der Waals surface area (Å²) in [6.45, 7) is 2.80. The summed E-state index contributed by atoms with van der Waals surface area (Å²) in [5.41, 5.74) is 0. The second-order valence-corrected chi connectivity index (χ2v) is 6.30. The van der Waals surface area contributed by atoms with E-state index in [-0.39, 0.29) is 12.1 Å². The molecule has 2 fully saturated rings. The molecule has 114 valence electrons. The minimum atomic E-state index is -0.876. The molecule has 1 aliphatic heterocycles. The normalized spacial score (nSPS) is 31.4. The fourth-order valence-corrected chi connectivity index (χ4v) is 3.27. The molecule has 20 heavy (non-hydrogen) atoms. The third-order valence-electron chi connectivity index (χ3n) is 4.64. The minimum absolute atomic E-state index is 0.182. The van der Waals surface area contributed by atoms with Gasteiger partial charge in [-0.25, -0.2) is 9.59 Å². The van der Waals surface area contributed by atoms with Gasteiger partial charge in [0.25, 0.3) is 0 Å². The van der Waals surface area contributed by atoms with Gasteiger partial charge in [0.2, 0.25) is 0 Å². The van der Waals surface area contributed by atoms with Crippen LogP contribution in [0, 0.1) is 5.92 Å². The van der Waals surface area contributed by atoms with Crippen molar-refractivity contribution < 1.29 is 14.7 Å². The molecule has 5 nitrogen and oxygen atoms in total. The number of nitrogens with zero attached hydrogens (tertiary/aromatic N) is 1. The van der Waals surface area contributed by atoms with Gasteiger partial charge < -0.3 is 15.3 Å². The highest BCUT2D eigenvalue weighted by atomic mass is 16.4. The SMILES string of the molecule is CC1CCC(NC(=O)N2CCCCCC2C(=O)O)CC1. The largest absolute Gasteiger partial charge is 0.480 e. The Morgan fingerprint density at radius 2 is 1.75 bits per heavy atom. The molecule has 1 saturated heterocycles. The average molecular weight is 282 g/mol. The Kier molecular flexibility index (Phi) is 5.26. The van der Waals surface area contributed by atoms with Gasteiger partial charge in [-0.15, -0.1) is 0 Å². The summed E-state index contributed by atoms with van der Waals surface area (Å²) in [5.74, 6) is -0.132. The highest BCUT2D eigenvalue weighted by Gasteiger charge is 2.32. The molecule has 1 saturated carbocycles. The van der Waals surface area contributed by atoms with Crippen LogP contribution in [-0.4, -0.2) is 40.6 Å². The second-order valence-electron chi connectivity index (χ2n) is 6.30. The van der Waals surface area contributed by atoms with Crippen molar-refractivity contribution in [1.82, 2.24) is 10.2 Å². The van der Waals surface area contributed by atoms with Gasteiger partial charge in [-0.1, -0.05) is 19.8 Å². The van der Waals surface area contributed by atoms with E-state index in [0.29, 0.717) is 13.0 Å². The van der Waals surface area contributed by atoms with Gasteiger partial charge in [0.15, 0.2) is 0 Å². The Morgan fingerprint density at radius 3 is 2.40 bits per heavy atom. The average Bonchev–Trinajstić information content (AvgIpc) is 2.67. The van der Waals surface area contributed by atoms with Gasteiger partial charge in [-0.05, 0) is 44.4 Å². The number of likely N-dealkylation sites (tertiary alicyclic amines) is 1. The Hall–Kier alpha value is -1.26. The highest BCUT2D eigenvalue weighted by molar-refractivity contribution is 5.82. The zero-order chi connectivity index (χ0) is 14.5. The van der Waals surface area contributed by atoms with Crippen LogP contribution >= 0.6 is 0 Å². The van der Waals surface area contributed by atoms with Gasteiger partial charge in [0.05, 0.1) is 0 Å². The van der Waals surface area contributed by atoms with Crippen LogP contribution in [0.25, 0.3) is 0 Å². The molecule has 1 heterocycles. The van der Waals surface area contributed by atoms with E-state index >= 15 is 0 Å². The highest BCUT2D eigenvalue weighted by Crippen LogP contribution is 2.24. The van der Waals surface area contributed by atoms with E-state index in [1.807, 2.05) is 0 Å². The molecule has 0 aromatic heterocycles. The lowest BCUT2D eigenvalue weighted by Gasteiger charge is -2.32. The summed E-state index contributed by atoms with van der Waals surface area (Å²) in [5, 5.41) is 12.3. The van der Waals surface area contributed by atoms with Crippen molar-refractivity contribution in [2.75, 3.05) is 6.54 Å². The number of aliphatic carboxylic acids is 1. The van der Waals surface area contributed by atoms with E-state index in [1.54, 1.807) is 0 Å². The van der Waals surface area contributed by atoms with E-state index < -0.39 is 12.0 Å². The predicted octanol–water partition coefficient (Wildman–Crippen LogP) is 2.60. The van der Waals surface area contributed by atoms with Crippen LogP contribution in [-0.2, 0) is 4.79 Å². The maximum atomic E-state index is 12.4. The van der Waals surface area contributed by atoms with Crippen LogP contribution in [0.15, 0.2) is 0 Å². The molecule has 0 aromatic carbocycles. The third-order valence-corrected chi connectivity index (χ3v) is 4.64. The second kappa shape index (κ2) is 6.95. The first-order valence-corrected chi connectivity index (χ1v) is 7.88. The summed E-state index contributed by atoms with van der Waals surface area (Å²) in [4.78, 5) is 25.2. The van der Waals surface area contributed by atoms with E-state index in [4.69, 9.17) is 0 Å². The van der Waals surface area contributed by atoms with Gasteiger partial charge in [0.1, 0.15) is 6.04 Å². The van der Waals surface area contributed by atoms with Crippen molar-refractivity contribution in [3.8, 4) is 0 Å². The summed E-state index contributed by atoms with van der Waals surface area (Å²) in [6, 6.07) is -0.615. The van der Waals surface area contributed by atoms with Crippen LogP contribution in [0.5, 0.6) is 0 Å². The minimum Gasteiger partial charge on any atom is -0.480 e. The lowest BCUT2D eigenvalue weighted by Crippen LogP contribution is -2.52. The molecule has 5 heteroatoms. The molecule has 2 rings (SSSR count). The lowest BCUT2D eigenvalue weighted by atomic mass is 9.87. The van der Waals surface area contributed by atoms with Crippen LogP contribution in [0.1, 0.15) is 58.3 Å². The molecule has 0 spiro atoms. The monoisotopic (exact) mass is 282 g/mol. The Bertz CT molecular complexity index is 351. The molecule has 0 aromatic rings. The molecule has 1 unspecified atom stereocenters. The van der Waals surface area contributed by atoms with Crippen molar-refractivity contribution in [2.24, 2.45) is 5.92 Å². The maximum absolute atomic E-state index is 12.4. The number of carbonyl (C=O) groups excluding carboxylic acids is 1. The summed E-state index contributed by atoms with van der Waals surface area (Å²) >= 11 is 0. The molecular formula is C15H26N2O3. The van der Waals surface area contributed by atoms with Gasteiger partial charge in [0, 0.05) is 12.6 Å². The number of urea groups is 1. The number of carbonyl (C=O) groups is 2. The van der Waals surface area contributed by atoms with Crippen molar-refractivity contribution in [1.29, 1.82) is 0 Å². The first-order chi connectivity index (χ1) is 9.58. The predicted molar refractivity (Wildman–Crippen MR) is 76.5 cm³/mol. The standard InChI is InChI=1S/C15H26N2O3/c1-11-6-8-12(9-7-11)16-15(20)17-10-4-2-3-5-13(17)14(18)19/h11-13H,2-10H2,1H3,(H,16,20)(H,18,19). The smallest absolute Gasteiger partial charge is 0.326 e. The zero-order valence-corrected chi connectivity index (χ0v) is 12.3. The van der Waals surface area contributed by atoms with Crippen molar-refractivity contribution in [2.45, 2.75) is 70.4 Å². The summed E-state index contributed by atoms with van der Waals surface area (Å²) < 4.78 is 0. The number of carboxylic acid groups (broad SMARTS) is 1. The van der Waals surface area contributed by atoms with Gasteiger partial charge >= 0.3 is 12.0 Å². The van der Waals surface area contributed by atoms with E-state index in [2.05, 4.69) is 12.2 Å². The number of hydrogen-bond donors (Lipinski definition) is 2. The Balaban J connectivity index is 1.93. The fraction of sp³-hybridized carbons (Fsp3) is 0.867. The third kappa shape index (κ3) is 3.87. The van der Waals surface area contributed by atoms with E-state index in [0.717, 1.165) is 50.9 Å². The zero-order valence-electron chi connectivity index (χ0n) is 12.3. The van der Waals surface area contributed by atoms with Crippen molar-refractivity contribution >= 4 is 12.0 Å². The van der Waals surface area contributed by atoms with Crippen LogP contribution in [0.2, 0.25) is 0 Å². The molecule has 2 N–H and O–H groups in total. The van der Waals surface area contributed by atoms with Crippen molar-refractivity contribution in [3.63, 3.8) is 0 Å². The molecule has 2 aliphatic rings. The molecule has 0 bridgehead atoms. The van der Waals surface area contributed by atoms with Crippen LogP contribution in [0.3, 0.4) is 0 Å². The quantitative estimate of drug-likeness (QED) is 0.818. The number of nitrogens with one attached hydrogen (secondary N) is 1. The Morgan fingerprint density at radius 1 is 1.05 bits per heavy atom.